The van der Waals surface area contributed by atoms with Gasteiger partial charge in [0.2, 0.25) is 0 Å². The smallest absolute Gasteiger partial charge is 0.472 e. The molecule has 1 aliphatic rings. The lowest BCUT2D eigenvalue weighted by Crippen LogP contribution is -2.50. The van der Waals surface area contributed by atoms with Gasteiger partial charge in [0.1, 0.15) is 29.8 Å². The number of nitrogens with two attached hydrogens (primary N) is 1. The molecule has 0 aliphatic carbocycles. The second-order valence-electron chi connectivity index (χ2n) is 12.9. The number of halogens is 3. The molecule has 54 heavy (non-hydrogen) atoms. The Bertz CT molecular complexity index is 2080. The van der Waals surface area contributed by atoms with E-state index in [1.165, 1.54) is 0 Å². The molecule has 1 aromatic heterocycles. The molecule has 0 radical (unpaired) electrons. The van der Waals surface area contributed by atoms with Gasteiger partial charge in [0, 0.05) is 12.3 Å². The number of carbonyl (C=O) groups excluding carboxylic acids is 1. The molecule has 1 aliphatic heterocycles. The Kier molecular flexibility index (Phi) is 11.5. The number of hydrogen-bond donors (Lipinski definition) is 2. The zero-order valence-corrected chi connectivity index (χ0v) is 29.3. The number of aliphatic hydroxyl groups excluding tert-OH is 1. The third-order valence-corrected chi connectivity index (χ3v) is 9.28. The van der Waals surface area contributed by atoms with Gasteiger partial charge in [-0.25, -0.2) is 4.79 Å². The molecule has 0 spiro atoms. The fourth-order valence-corrected chi connectivity index (χ4v) is 6.31. The Morgan fingerprint density at radius 3 is 1.65 bits per heavy atom. The molecule has 0 saturated carbocycles. The summed E-state index contributed by atoms with van der Waals surface area (Å²) in [6.07, 6.45) is -8.00. The number of carbonyl (C=O) groups is 1. The van der Waals surface area contributed by atoms with Crippen LogP contribution in [0.4, 0.5) is 13.2 Å². The molecule has 282 valence electrons. The monoisotopic (exact) mass is 745 g/mol. The van der Waals surface area contributed by atoms with Crippen molar-refractivity contribution in [1.82, 2.24) is 9.13 Å². The molecule has 2 unspecified atom stereocenters. The minimum absolute atomic E-state index is 0.243. The van der Waals surface area contributed by atoms with Crippen molar-refractivity contribution in [3.05, 3.63) is 164 Å². The van der Waals surface area contributed by atoms with Gasteiger partial charge in [0.25, 0.3) is 5.56 Å². The number of rotatable bonds is 12. The molecule has 6 rings (SSSR count). The van der Waals surface area contributed by atoms with Gasteiger partial charge >= 0.3 is 17.8 Å². The van der Waals surface area contributed by atoms with Crippen molar-refractivity contribution in [1.29, 1.82) is 0 Å². The third kappa shape index (κ3) is 8.47. The van der Waals surface area contributed by atoms with Crippen LogP contribution in [0.3, 0.4) is 0 Å². The average Bonchev–Trinajstić information content (AvgIpc) is 3.45. The molecular weight excluding hydrogens is 707 g/mol. The highest BCUT2D eigenvalue weighted by Gasteiger charge is 2.45. The SMILES string of the molecule is COc1ccc(Cc2ccc(C(OC[C@@H]3O[C@H](n4ccc(=O)n(C(=O)C(F)(F)F)c4=O)C(N)C3O)c3ccc(Cc4ccc(OC)cc4)cc3)cc2)cc1. The number of benzene rings is 4. The van der Waals surface area contributed by atoms with E-state index in [1.54, 1.807) is 14.2 Å². The lowest BCUT2D eigenvalue weighted by molar-refractivity contribution is -0.0959. The minimum atomic E-state index is -5.49. The molecular formula is C40H38F3N3O8. The van der Waals surface area contributed by atoms with Gasteiger partial charge in [0.05, 0.1) is 26.9 Å². The highest BCUT2D eigenvalue weighted by atomic mass is 19.4. The Balaban J connectivity index is 1.23. The molecule has 4 aromatic carbocycles. The van der Waals surface area contributed by atoms with Gasteiger partial charge in [-0.3, -0.25) is 14.2 Å². The second kappa shape index (κ2) is 16.2. The van der Waals surface area contributed by atoms with Gasteiger partial charge in [-0.15, -0.1) is 0 Å². The number of hydrogen-bond acceptors (Lipinski definition) is 9. The molecule has 0 bridgehead atoms. The molecule has 1 fully saturated rings. The van der Waals surface area contributed by atoms with Crippen LogP contribution in [0.5, 0.6) is 11.5 Å². The van der Waals surface area contributed by atoms with Crippen molar-refractivity contribution in [2.24, 2.45) is 5.73 Å². The molecule has 2 heterocycles. The summed E-state index contributed by atoms with van der Waals surface area (Å²) < 4.78 is 62.4. The van der Waals surface area contributed by atoms with Crippen molar-refractivity contribution in [2.45, 2.75) is 49.6 Å². The summed E-state index contributed by atoms with van der Waals surface area (Å²) in [5.74, 6) is -1.13. The van der Waals surface area contributed by atoms with Crippen LogP contribution in [0.15, 0.2) is 119 Å². The van der Waals surface area contributed by atoms with Gasteiger partial charge in [-0.2, -0.15) is 17.7 Å². The summed E-state index contributed by atoms with van der Waals surface area (Å²) in [6, 6.07) is 30.6. The van der Waals surface area contributed by atoms with Gasteiger partial charge < -0.3 is 29.8 Å². The van der Waals surface area contributed by atoms with E-state index in [9.17, 15) is 32.7 Å². The second-order valence-corrected chi connectivity index (χ2v) is 12.9. The predicted molar refractivity (Wildman–Crippen MR) is 192 cm³/mol. The molecule has 11 nitrogen and oxygen atoms in total. The maximum Gasteiger partial charge on any atom is 0.472 e. The van der Waals surface area contributed by atoms with Crippen LogP contribution in [0.1, 0.15) is 50.5 Å². The topological polar surface area (TPSA) is 144 Å². The van der Waals surface area contributed by atoms with Crippen molar-refractivity contribution in [3.8, 4) is 11.5 Å². The van der Waals surface area contributed by atoms with E-state index < -0.39 is 58.5 Å². The Hall–Kier alpha value is -5.54. The molecule has 3 N–H and O–H groups in total. The summed E-state index contributed by atoms with van der Waals surface area (Å²) in [5.41, 5.74) is 8.98. The van der Waals surface area contributed by atoms with Crippen LogP contribution < -0.4 is 26.5 Å². The van der Waals surface area contributed by atoms with E-state index in [1.807, 2.05) is 97.1 Å². The maximum absolute atomic E-state index is 13.2. The lowest BCUT2D eigenvalue weighted by atomic mass is 9.96. The van der Waals surface area contributed by atoms with Crippen LogP contribution in [0.25, 0.3) is 0 Å². The highest BCUT2D eigenvalue weighted by Crippen LogP contribution is 2.32. The quantitative estimate of drug-likeness (QED) is 0.184. The van der Waals surface area contributed by atoms with Gasteiger partial charge in [0.15, 0.2) is 6.23 Å². The fraction of sp³-hybridized carbons (Fsp3) is 0.275. The summed E-state index contributed by atoms with van der Waals surface area (Å²) in [5, 5.41) is 11.0. The van der Waals surface area contributed by atoms with E-state index in [4.69, 9.17) is 24.7 Å². The fourth-order valence-electron chi connectivity index (χ4n) is 6.31. The predicted octanol–water partition coefficient (Wildman–Crippen LogP) is 4.80. The van der Waals surface area contributed by atoms with Crippen molar-refractivity contribution >= 4 is 5.91 Å². The van der Waals surface area contributed by atoms with Crippen molar-refractivity contribution in [3.63, 3.8) is 0 Å². The average molecular weight is 746 g/mol. The number of aliphatic hydroxyl groups is 1. The first-order chi connectivity index (χ1) is 25.9. The minimum Gasteiger partial charge on any atom is -0.497 e. The summed E-state index contributed by atoms with van der Waals surface area (Å²) in [7, 11) is 3.23. The first-order valence-corrected chi connectivity index (χ1v) is 17.0. The van der Waals surface area contributed by atoms with E-state index >= 15 is 0 Å². The summed E-state index contributed by atoms with van der Waals surface area (Å²) >= 11 is 0. The van der Waals surface area contributed by atoms with Gasteiger partial charge in [-0.1, -0.05) is 72.8 Å². The molecule has 5 aromatic rings. The summed E-state index contributed by atoms with van der Waals surface area (Å²) in [6.45, 7) is -0.243. The summed E-state index contributed by atoms with van der Waals surface area (Å²) in [4.78, 5) is 36.9. The van der Waals surface area contributed by atoms with E-state index in [0.717, 1.165) is 51.1 Å². The van der Waals surface area contributed by atoms with Crippen LogP contribution >= 0.6 is 0 Å². The van der Waals surface area contributed by atoms with Gasteiger partial charge in [-0.05, 0) is 70.5 Å². The molecule has 4 atom stereocenters. The van der Waals surface area contributed by atoms with Crippen molar-refractivity contribution < 1.29 is 42.0 Å². The van der Waals surface area contributed by atoms with Crippen molar-refractivity contribution in [2.75, 3.05) is 20.8 Å². The number of methoxy groups -OCH3 is 2. The largest absolute Gasteiger partial charge is 0.497 e. The maximum atomic E-state index is 13.2. The Labute approximate surface area is 307 Å². The number of ether oxygens (including phenoxy) is 4. The number of aromatic nitrogens is 2. The number of nitrogens with zero attached hydrogens (tertiary/aromatic N) is 2. The normalized spacial score (nSPS) is 18.5. The van der Waals surface area contributed by atoms with Crippen LogP contribution in [-0.2, 0) is 22.3 Å². The molecule has 1 saturated heterocycles. The Morgan fingerprint density at radius 2 is 1.22 bits per heavy atom. The molecule has 14 heteroatoms. The van der Waals surface area contributed by atoms with Crippen LogP contribution in [-0.4, -0.2) is 65.4 Å². The van der Waals surface area contributed by atoms with E-state index in [2.05, 4.69) is 0 Å². The third-order valence-electron chi connectivity index (χ3n) is 9.28. The van der Waals surface area contributed by atoms with E-state index in [0.29, 0.717) is 23.5 Å². The highest BCUT2D eigenvalue weighted by molar-refractivity contribution is 5.83. The molecule has 0 amide bonds. The van der Waals surface area contributed by atoms with Crippen LogP contribution in [0, 0.1) is 0 Å². The zero-order chi connectivity index (χ0) is 38.6. The standard InChI is InChI=1S/C40H38F3N3O8/c1-51-30-15-7-26(8-16-30)21-24-3-11-28(12-4-24)36(29-13-5-25(6-14-29)22-27-9-17-31(52-2)18-10-27)53-23-32-35(48)34(44)37(54-32)45-20-19-33(47)46(39(45)50)38(49)40(41,42)43/h3-20,32,34-37,48H,21-23,44H2,1-2H3/t32-,34?,35?,37-/m0/s1. The first-order valence-electron chi connectivity index (χ1n) is 17.0. The lowest BCUT2D eigenvalue weighted by Gasteiger charge is -2.23. The number of alkyl halides is 3. The zero-order valence-electron chi connectivity index (χ0n) is 29.3. The Morgan fingerprint density at radius 1 is 0.778 bits per heavy atom. The van der Waals surface area contributed by atoms with Crippen LogP contribution in [0.2, 0.25) is 0 Å². The van der Waals surface area contributed by atoms with E-state index in [-0.39, 0.29) is 6.61 Å². The first kappa shape index (κ1) is 38.2.